The fourth-order valence-corrected chi connectivity index (χ4v) is 5.65. The molecule has 5 unspecified atom stereocenters. The van der Waals surface area contributed by atoms with Crippen molar-refractivity contribution in [1.29, 1.82) is 0 Å². The molecule has 1 aliphatic heterocycles. The van der Waals surface area contributed by atoms with Crippen LogP contribution in [0.3, 0.4) is 0 Å². The van der Waals surface area contributed by atoms with E-state index in [0.717, 1.165) is 29.3 Å². The quantitative estimate of drug-likeness (QED) is 0.222. The van der Waals surface area contributed by atoms with Gasteiger partial charge in [-0.25, -0.2) is 4.79 Å². The number of benzene rings is 1. The third kappa shape index (κ3) is 5.76. The summed E-state index contributed by atoms with van der Waals surface area (Å²) < 4.78 is 20.1. The molecule has 1 saturated heterocycles. The number of aliphatic hydroxyl groups is 2. The van der Waals surface area contributed by atoms with Gasteiger partial charge in [-0.3, -0.25) is 9.59 Å². The number of halogens is 1. The van der Waals surface area contributed by atoms with Gasteiger partial charge >= 0.3 is 5.97 Å². The first kappa shape index (κ1) is 27.5. The van der Waals surface area contributed by atoms with Gasteiger partial charge < -0.3 is 35.1 Å². The molecule has 206 valence electrons. The molecule has 4 aliphatic rings. The molecule has 1 aromatic rings. The Morgan fingerprint density at radius 1 is 1.13 bits per heavy atom. The normalized spacial score (nSPS) is 27.5. The summed E-state index contributed by atoms with van der Waals surface area (Å²) in [7, 11) is 0. The summed E-state index contributed by atoms with van der Waals surface area (Å²) in [6.45, 7) is 1.12. The zero-order valence-corrected chi connectivity index (χ0v) is 23.3. The van der Waals surface area contributed by atoms with Crippen LogP contribution in [0.25, 0.3) is 0 Å². The third-order valence-electron chi connectivity index (χ3n) is 7.50. The average molecular weight is 640 g/mol. The van der Waals surface area contributed by atoms with E-state index in [1.807, 2.05) is 12.1 Å². The summed E-state index contributed by atoms with van der Waals surface area (Å²) in [5.74, 6) is -1.85. The van der Waals surface area contributed by atoms with E-state index in [1.165, 1.54) is 6.92 Å². The zero-order chi connectivity index (χ0) is 27.0. The molecule has 5 atom stereocenters. The lowest BCUT2D eigenvalue weighted by molar-refractivity contribution is -0.209. The zero-order valence-electron chi connectivity index (χ0n) is 21.1. The van der Waals surface area contributed by atoms with Gasteiger partial charge in [-0.05, 0) is 85.5 Å². The standard InChI is InChI=1S/C27H33IN2O8/c1-14(32)22(25(34)29-10-11-31)30-24(33)16-12-20(36-26(35)15-2-8-19(28)9-3-15)23-21(13-16)37-27(38-23,17-4-5-17)18-6-7-18/h2-3,8-9,13-14,17-18,20-23,31-32H,4-7,10-12H2,1H3,(H,29,34)(H,30,33). The second-order valence-corrected chi connectivity index (χ2v) is 11.7. The van der Waals surface area contributed by atoms with E-state index in [9.17, 15) is 19.5 Å². The van der Waals surface area contributed by atoms with Crippen molar-refractivity contribution in [2.45, 2.75) is 75.3 Å². The Bertz CT molecular complexity index is 1090. The van der Waals surface area contributed by atoms with Crippen molar-refractivity contribution in [3.63, 3.8) is 0 Å². The van der Waals surface area contributed by atoms with Crippen LogP contribution in [0.2, 0.25) is 0 Å². The number of rotatable bonds is 10. The average Bonchev–Trinajstić information content (AvgIpc) is 3.82. The van der Waals surface area contributed by atoms with Crippen molar-refractivity contribution in [3.05, 3.63) is 45.0 Å². The molecule has 2 saturated carbocycles. The minimum absolute atomic E-state index is 0.00344. The van der Waals surface area contributed by atoms with Gasteiger partial charge in [0.15, 0.2) is 5.79 Å². The van der Waals surface area contributed by atoms with Crippen LogP contribution in [0.5, 0.6) is 0 Å². The molecule has 3 aliphatic carbocycles. The highest BCUT2D eigenvalue weighted by Crippen LogP contribution is 2.59. The Labute approximate surface area is 234 Å². The molecule has 3 fully saturated rings. The number of fused-ring (bicyclic) bond motifs is 1. The van der Waals surface area contributed by atoms with E-state index < -0.39 is 54.0 Å². The molecule has 1 heterocycles. The Hall–Kier alpha value is -2.06. The van der Waals surface area contributed by atoms with Crippen molar-refractivity contribution < 1.29 is 38.8 Å². The molecule has 5 rings (SSSR count). The summed E-state index contributed by atoms with van der Waals surface area (Å²) in [5, 5.41) is 24.2. The predicted molar refractivity (Wildman–Crippen MR) is 143 cm³/mol. The van der Waals surface area contributed by atoms with Crippen molar-refractivity contribution in [2.75, 3.05) is 13.2 Å². The van der Waals surface area contributed by atoms with E-state index in [0.29, 0.717) is 11.1 Å². The van der Waals surface area contributed by atoms with Gasteiger partial charge in [0.05, 0.1) is 18.3 Å². The van der Waals surface area contributed by atoms with Crippen molar-refractivity contribution >= 4 is 40.4 Å². The SMILES string of the molecule is CC(O)C(NC(=O)C1=CC2OC(C3CC3)(C3CC3)OC2C(OC(=O)c2ccc(I)cc2)C1)C(=O)NCCO. The molecule has 10 nitrogen and oxygen atoms in total. The van der Waals surface area contributed by atoms with Gasteiger partial charge in [0, 0.05) is 33.9 Å². The summed E-state index contributed by atoms with van der Waals surface area (Å²) in [4.78, 5) is 38.8. The molecular formula is C27H33IN2O8. The maximum Gasteiger partial charge on any atom is 0.338 e. The van der Waals surface area contributed by atoms with Gasteiger partial charge in [0.2, 0.25) is 11.8 Å². The van der Waals surface area contributed by atoms with Gasteiger partial charge in [-0.2, -0.15) is 0 Å². The number of nitrogens with one attached hydrogen (secondary N) is 2. The minimum atomic E-state index is -1.22. The molecule has 2 amide bonds. The fourth-order valence-electron chi connectivity index (χ4n) is 5.29. The van der Waals surface area contributed by atoms with Crippen LogP contribution in [0.4, 0.5) is 0 Å². The minimum Gasteiger partial charge on any atom is -0.456 e. The second-order valence-electron chi connectivity index (χ2n) is 10.5. The predicted octanol–water partition coefficient (Wildman–Crippen LogP) is 1.42. The van der Waals surface area contributed by atoms with Gasteiger partial charge in [-0.1, -0.05) is 0 Å². The molecule has 0 spiro atoms. The lowest BCUT2D eigenvalue weighted by Gasteiger charge is -2.31. The van der Waals surface area contributed by atoms with Crippen LogP contribution >= 0.6 is 22.6 Å². The van der Waals surface area contributed by atoms with E-state index in [2.05, 4.69) is 33.2 Å². The Morgan fingerprint density at radius 2 is 1.79 bits per heavy atom. The van der Waals surface area contributed by atoms with E-state index >= 15 is 0 Å². The first-order valence-corrected chi connectivity index (χ1v) is 14.2. The van der Waals surface area contributed by atoms with Crippen molar-refractivity contribution in [3.8, 4) is 0 Å². The number of hydrogen-bond acceptors (Lipinski definition) is 8. The van der Waals surface area contributed by atoms with Crippen molar-refractivity contribution in [1.82, 2.24) is 10.6 Å². The summed E-state index contributed by atoms with van der Waals surface area (Å²) in [6, 6.07) is 5.79. The Balaban J connectivity index is 1.37. The maximum atomic E-state index is 13.3. The van der Waals surface area contributed by atoms with Crippen LogP contribution in [-0.2, 0) is 23.8 Å². The van der Waals surface area contributed by atoms with E-state index in [1.54, 1.807) is 18.2 Å². The van der Waals surface area contributed by atoms with Crippen molar-refractivity contribution in [2.24, 2.45) is 11.8 Å². The summed E-state index contributed by atoms with van der Waals surface area (Å²) in [5.41, 5.74) is 0.685. The number of ether oxygens (including phenoxy) is 3. The molecular weight excluding hydrogens is 607 g/mol. The number of hydrogen-bond donors (Lipinski definition) is 4. The molecule has 0 radical (unpaired) electrons. The molecule has 38 heavy (non-hydrogen) atoms. The number of aliphatic hydroxyl groups excluding tert-OH is 2. The maximum absolute atomic E-state index is 13.3. The Kier molecular flexibility index (Phi) is 8.11. The largest absolute Gasteiger partial charge is 0.456 e. The smallest absolute Gasteiger partial charge is 0.338 e. The van der Waals surface area contributed by atoms with Crippen LogP contribution in [0.1, 0.15) is 49.4 Å². The van der Waals surface area contributed by atoms with Gasteiger partial charge in [0.1, 0.15) is 24.4 Å². The van der Waals surface area contributed by atoms with E-state index in [4.69, 9.17) is 19.3 Å². The van der Waals surface area contributed by atoms with Crippen LogP contribution in [0.15, 0.2) is 35.9 Å². The number of esters is 1. The number of carbonyl (C=O) groups is 3. The van der Waals surface area contributed by atoms with E-state index in [-0.39, 0.29) is 31.4 Å². The molecule has 1 aromatic carbocycles. The Morgan fingerprint density at radius 3 is 2.37 bits per heavy atom. The van der Waals surface area contributed by atoms with Crippen LogP contribution in [0, 0.1) is 15.4 Å². The molecule has 0 aromatic heterocycles. The van der Waals surface area contributed by atoms with Gasteiger partial charge in [-0.15, -0.1) is 0 Å². The summed E-state index contributed by atoms with van der Waals surface area (Å²) in [6.07, 6.45) is 2.73. The molecule has 0 bridgehead atoms. The van der Waals surface area contributed by atoms with Gasteiger partial charge in [0.25, 0.3) is 0 Å². The fraction of sp³-hybridized carbons (Fsp3) is 0.593. The third-order valence-corrected chi connectivity index (χ3v) is 8.22. The topological polar surface area (TPSA) is 143 Å². The van der Waals surface area contributed by atoms with Crippen LogP contribution < -0.4 is 10.6 Å². The molecule has 4 N–H and O–H groups in total. The second kappa shape index (κ2) is 11.2. The highest BCUT2D eigenvalue weighted by atomic mass is 127. The van der Waals surface area contributed by atoms with Crippen LogP contribution in [-0.4, -0.2) is 77.4 Å². The lowest BCUT2D eigenvalue weighted by atomic mass is 9.91. The molecule has 11 heteroatoms. The highest BCUT2D eigenvalue weighted by Gasteiger charge is 2.64. The first-order valence-electron chi connectivity index (χ1n) is 13.1. The highest BCUT2D eigenvalue weighted by molar-refractivity contribution is 14.1. The lowest BCUT2D eigenvalue weighted by Crippen LogP contribution is -2.54. The monoisotopic (exact) mass is 640 g/mol. The summed E-state index contributed by atoms with van der Waals surface area (Å²) >= 11 is 2.16. The number of amides is 2. The number of carbonyl (C=O) groups excluding carboxylic acids is 3. The first-order chi connectivity index (χ1) is 18.2.